The number of aryl methyl sites for hydroxylation is 1. The summed E-state index contributed by atoms with van der Waals surface area (Å²) in [5.74, 6) is -0.238. The molecule has 1 rings (SSSR count). The number of nitrogens with two attached hydrogens (primary N) is 1. The molecule has 0 spiro atoms. The Hall–Kier alpha value is -0.960. The first-order valence-corrected chi connectivity index (χ1v) is 4.05. The molecule has 0 saturated carbocycles. The van der Waals surface area contributed by atoms with Gasteiger partial charge in [-0.15, -0.1) is 0 Å². The molecule has 1 aromatic rings. The summed E-state index contributed by atoms with van der Waals surface area (Å²) in [6, 6.07) is 3.11. The molecule has 0 aliphatic heterocycles. The highest BCUT2D eigenvalue weighted by Gasteiger charge is 2.02. The summed E-state index contributed by atoms with van der Waals surface area (Å²) in [4.78, 5) is 3.92. The van der Waals surface area contributed by atoms with Crippen LogP contribution in [0.4, 0.5) is 4.39 Å². The van der Waals surface area contributed by atoms with Crippen LogP contribution < -0.4 is 5.73 Å². The van der Waals surface area contributed by atoms with E-state index < -0.39 is 0 Å². The SMILES string of the molecule is CC(N)CCc1ncccc1F. The van der Waals surface area contributed by atoms with Crippen LogP contribution in [0.3, 0.4) is 0 Å². The van der Waals surface area contributed by atoms with Gasteiger partial charge < -0.3 is 5.73 Å². The Labute approximate surface area is 71.6 Å². The number of rotatable bonds is 3. The number of pyridine rings is 1. The van der Waals surface area contributed by atoms with Crippen molar-refractivity contribution < 1.29 is 4.39 Å². The summed E-state index contributed by atoms with van der Waals surface area (Å²) in [6.45, 7) is 1.90. The van der Waals surface area contributed by atoms with Crippen LogP contribution in [0.1, 0.15) is 19.0 Å². The van der Waals surface area contributed by atoms with Gasteiger partial charge in [0.05, 0.1) is 5.69 Å². The molecule has 2 nitrogen and oxygen atoms in total. The number of hydrogen-bond donors (Lipinski definition) is 1. The van der Waals surface area contributed by atoms with Crippen molar-refractivity contribution in [1.82, 2.24) is 4.98 Å². The molecule has 3 heteroatoms. The fourth-order valence-corrected chi connectivity index (χ4v) is 0.967. The van der Waals surface area contributed by atoms with Crippen molar-refractivity contribution in [3.8, 4) is 0 Å². The summed E-state index contributed by atoms with van der Waals surface area (Å²) in [7, 11) is 0. The Morgan fingerprint density at radius 1 is 1.67 bits per heavy atom. The van der Waals surface area contributed by atoms with E-state index in [-0.39, 0.29) is 11.9 Å². The molecule has 1 heterocycles. The lowest BCUT2D eigenvalue weighted by atomic mass is 10.1. The van der Waals surface area contributed by atoms with E-state index >= 15 is 0 Å². The van der Waals surface area contributed by atoms with E-state index in [1.807, 2.05) is 6.92 Å². The van der Waals surface area contributed by atoms with Crippen molar-refractivity contribution in [1.29, 1.82) is 0 Å². The van der Waals surface area contributed by atoms with Crippen molar-refractivity contribution in [2.24, 2.45) is 5.73 Å². The second-order valence-electron chi connectivity index (χ2n) is 2.95. The van der Waals surface area contributed by atoms with Crippen LogP contribution in [0.15, 0.2) is 18.3 Å². The normalized spacial score (nSPS) is 12.9. The van der Waals surface area contributed by atoms with Gasteiger partial charge in [-0.3, -0.25) is 4.98 Å². The Balaban J connectivity index is 2.57. The van der Waals surface area contributed by atoms with Gasteiger partial charge in [-0.25, -0.2) is 4.39 Å². The molecule has 12 heavy (non-hydrogen) atoms. The monoisotopic (exact) mass is 168 g/mol. The van der Waals surface area contributed by atoms with Crippen molar-refractivity contribution in [3.05, 3.63) is 29.8 Å². The highest BCUT2D eigenvalue weighted by molar-refractivity contribution is 5.07. The van der Waals surface area contributed by atoms with Crippen LogP contribution in [0.25, 0.3) is 0 Å². The van der Waals surface area contributed by atoms with Gasteiger partial charge in [-0.1, -0.05) is 0 Å². The van der Waals surface area contributed by atoms with Gasteiger partial charge in [0.15, 0.2) is 0 Å². The smallest absolute Gasteiger partial charge is 0.144 e. The van der Waals surface area contributed by atoms with Crippen LogP contribution >= 0.6 is 0 Å². The van der Waals surface area contributed by atoms with E-state index in [4.69, 9.17) is 5.73 Å². The Bertz CT molecular complexity index is 248. The van der Waals surface area contributed by atoms with E-state index in [2.05, 4.69) is 4.98 Å². The summed E-state index contributed by atoms with van der Waals surface area (Å²) < 4.78 is 12.9. The lowest BCUT2D eigenvalue weighted by Gasteiger charge is -2.04. The molecule has 0 radical (unpaired) electrons. The van der Waals surface area contributed by atoms with Gasteiger partial charge in [0.2, 0.25) is 0 Å². The quantitative estimate of drug-likeness (QED) is 0.742. The van der Waals surface area contributed by atoms with Gasteiger partial charge in [-0.05, 0) is 31.9 Å². The van der Waals surface area contributed by atoms with Crippen LogP contribution in [0.2, 0.25) is 0 Å². The van der Waals surface area contributed by atoms with Gasteiger partial charge >= 0.3 is 0 Å². The topological polar surface area (TPSA) is 38.9 Å². The summed E-state index contributed by atoms with van der Waals surface area (Å²) in [6.07, 6.45) is 2.98. The molecule has 0 fully saturated rings. The largest absolute Gasteiger partial charge is 0.328 e. The molecule has 66 valence electrons. The van der Waals surface area contributed by atoms with Gasteiger partial charge in [0.25, 0.3) is 0 Å². The van der Waals surface area contributed by atoms with E-state index in [9.17, 15) is 4.39 Å². The Morgan fingerprint density at radius 2 is 2.42 bits per heavy atom. The summed E-state index contributed by atoms with van der Waals surface area (Å²) >= 11 is 0. The van der Waals surface area contributed by atoms with Crippen molar-refractivity contribution in [3.63, 3.8) is 0 Å². The highest BCUT2D eigenvalue weighted by Crippen LogP contribution is 2.05. The Kier molecular flexibility index (Phi) is 3.17. The predicted molar refractivity (Wildman–Crippen MR) is 46.2 cm³/mol. The fourth-order valence-electron chi connectivity index (χ4n) is 0.967. The van der Waals surface area contributed by atoms with E-state index in [1.165, 1.54) is 6.07 Å². The van der Waals surface area contributed by atoms with Crippen molar-refractivity contribution in [2.45, 2.75) is 25.8 Å². The maximum absolute atomic E-state index is 12.9. The van der Waals surface area contributed by atoms with Crippen molar-refractivity contribution in [2.75, 3.05) is 0 Å². The molecular formula is C9H13FN2. The van der Waals surface area contributed by atoms with Gasteiger partial charge in [-0.2, -0.15) is 0 Å². The van der Waals surface area contributed by atoms with E-state index in [0.717, 1.165) is 6.42 Å². The third-order valence-corrected chi connectivity index (χ3v) is 1.67. The van der Waals surface area contributed by atoms with E-state index in [0.29, 0.717) is 12.1 Å². The molecule has 1 aromatic heterocycles. The predicted octanol–water partition coefficient (Wildman–Crippen LogP) is 1.50. The minimum absolute atomic E-state index is 0.103. The zero-order chi connectivity index (χ0) is 8.97. The molecule has 0 saturated heterocycles. The second kappa shape index (κ2) is 4.16. The zero-order valence-corrected chi connectivity index (χ0v) is 7.13. The van der Waals surface area contributed by atoms with Crippen LogP contribution in [0, 0.1) is 5.82 Å². The molecular weight excluding hydrogens is 155 g/mol. The standard InChI is InChI=1S/C9H13FN2/c1-7(11)4-5-9-8(10)3-2-6-12-9/h2-3,6-7H,4-5,11H2,1H3. The number of aromatic nitrogens is 1. The summed E-state index contributed by atoms with van der Waals surface area (Å²) in [5, 5.41) is 0. The molecule has 0 aliphatic rings. The first-order chi connectivity index (χ1) is 5.70. The van der Waals surface area contributed by atoms with Gasteiger partial charge in [0, 0.05) is 12.2 Å². The zero-order valence-electron chi connectivity index (χ0n) is 7.13. The lowest BCUT2D eigenvalue weighted by Crippen LogP contribution is -2.16. The maximum atomic E-state index is 12.9. The lowest BCUT2D eigenvalue weighted by molar-refractivity contribution is 0.578. The minimum atomic E-state index is -0.238. The fraction of sp³-hybridized carbons (Fsp3) is 0.444. The van der Waals surface area contributed by atoms with Crippen LogP contribution in [-0.4, -0.2) is 11.0 Å². The molecule has 0 amide bonds. The summed E-state index contributed by atoms with van der Waals surface area (Å²) in [5.41, 5.74) is 6.05. The highest BCUT2D eigenvalue weighted by atomic mass is 19.1. The molecule has 0 bridgehead atoms. The number of halogens is 1. The van der Waals surface area contributed by atoms with Crippen LogP contribution in [0.5, 0.6) is 0 Å². The van der Waals surface area contributed by atoms with Crippen LogP contribution in [-0.2, 0) is 6.42 Å². The maximum Gasteiger partial charge on any atom is 0.144 e. The minimum Gasteiger partial charge on any atom is -0.328 e. The average molecular weight is 168 g/mol. The van der Waals surface area contributed by atoms with E-state index in [1.54, 1.807) is 12.3 Å². The second-order valence-corrected chi connectivity index (χ2v) is 2.95. The average Bonchev–Trinajstić information content (AvgIpc) is 2.03. The number of hydrogen-bond acceptors (Lipinski definition) is 2. The molecule has 0 aliphatic carbocycles. The molecule has 2 N–H and O–H groups in total. The first kappa shape index (κ1) is 9.13. The van der Waals surface area contributed by atoms with Crippen molar-refractivity contribution >= 4 is 0 Å². The molecule has 0 aromatic carbocycles. The number of nitrogens with zero attached hydrogens (tertiary/aromatic N) is 1. The van der Waals surface area contributed by atoms with Gasteiger partial charge in [0.1, 0.15) is 5.82 Å². The molecule has 1 atom stereocenters. The third kappa shape index (κ3) is 2.58. The first-order valence-electron chi connectivity index (χ1n) is 4.05. The third-order valence-electron chi connectivity index (χ3n) is 1.67. The molecule has 1 unspecified atom stereocenters. The Morgan fingerprint density at radius 3 is 3.00 bits per heavy atom.